The molecular formula is C19H16Cl2F3N5O3S2. The number of carbonyl (C=O) groups excluding carboxylic acids is 1. The molecule has 0 spiro atoms. The Morgan fingerprint density at radius 3 is 2.50 bits per heavy atom. The highest BCUT2D eigenvalue weighted by atomic mass is 35.5. The number of nitrogens with zero attached hydrogens (tertiary/aromatic N) is 4. The smallest absolute Gasteiger partial charge is 0.342 e. The normalized spacial score (nSPS) is 13.0. The Morgan fingerprint density at radius 2 is 1.91 bits per heavy atom. The minimum atomic E-state index is -4.43. The van der Waals surface area contributed by atoms with Crippen LogP contribution in [0.3, 0.4) is 0 Å². The summed E-state index contributed by atoms with van der Waals surface area (Å²) in [7, 11) is -3.63. The van der Waals surface area contributed by atoms with Crippen LogP contribution in [-0.2, 0) is 9.84 Å². The Balaban J connectivity index is 1.93. The molecule has 15 heteroatoms. The van der Waals surface area contributed by atoms with Crippen LogP contribution in [0.15, 0.2) is 46.6 Å². The Kier molecular flexibility index (Phi) is 7.80. The van der Waals surface area contributed by atoms with Gasteiger partial charge in [-0.2, -0.15) is 17.9 Å². The predicted molar refractivity (Wildman–Crippen MR) is 121 cm³/mol. The first kappa shape index (κ1) is 26.3. The van der Waals surface area contributed by atoms with Crippen molar-refractivity contribution in [3.8, 4) is 5.82 Å². The number of halogens is 5. The van der Waals surface area contributed by atoms with Gasteiger partial charge in [0.2, 0.25) is 5.16 Å². The highest BCUT2D eigenvalue weighted by Crippen LogP contribution is 2.27. The quantitative estimate of drug-likeness (QED) is 0.428. The Morgan fingerprint density at radius 1 is 1.21 bits per heavy atom. The Labute approximate surface area is 206 Å². The summed E-state index contributed by atoms with van der Waals surface area (Å²) >= 11 is 12.2. The second-order valence-corrected chi connectivity index (χ2v) is 10.9. The number of nitrogens with one attached hydrogen (secondary N) is 1. The van der Waals surface area contributed by atoms with E-state index in [1.807, 2.05) is 0 Å². The third-order valence-electron chi connectivity index (χ3n) is 4.20. The number of hydrogen-bond donors (Lipinski definition) is 1. The molecule has 0 fully saturated rings. The predicted octanol–water partition coefficient (Wildman–Crippen LogP) is 4.52. The van der Waals surface area contributed by atoms with Crippen LogP contribution in [-0.4, -0.2) is 52.3 Å². The SMILES string of the molecule is CC(NC(=O)c1cc(Cl)cc(S(C)(=O)=O)c1)c1nc(SCC(F)(F)F)nn1-c1ccc(Cl)cn1. The molecule has 0 saturated heterocycles. The molecule has 2 heterocycles. The molecule has 182 valence electrons. The highest BCUT2D eigenvalue weighted by molar-refractivity contribution is 7.99. The van der Waals surface area contributed by atoms with Gasteiger partial charge in [-0.3, -0.25) is 4.79 Å². The van der Waals surface area contributed by atoms with E-state index in [0.717, 1.165) is 6.26 Å². The molecule has 0 bridgehead atoms. The number of rotatable bonds is 7. The van der Waals surface area contributed by atoms with Crippen molar-refractivity contribution in [1.82, 2.24) is 25.1 Å². The van der Waals surface area contributed by atoms with E-state index in [1.54, 1.807) is 0 Å². The maximum absolute atomic E-state index is 12.8. The number of hydrogen-bond acceptors (Lipinski definition) is 7. The van der Waals surface area contributed by atoms with E-state index in [4.69, 9.17) is 23.2 Å². The summed E-state index contributed by atoms with van der Waals surface area (Å²) in [6.07, 6.45) is -2.13. The van der Waals surface area contributed by atoms with Gasteiger partial charge >= 0.3 is 6.18 Å². The van der Waals surface area contributed by atoms with Crippen molar-refractivity contribution in [1.29, 1.82) is 0 Å². The average Bonchev–Trinajstić information content (AvgIpc) is 3.16. The largest absolute Gasteiger partial charge is 0.398 e. The van der Waals surface area contributed by atoms with Crippen LogP contribution in [0, 0.1) is 0 Å². The molecule has 3 aromatic rings. The zero-order chi connectivity index (χ0) is 25.3. The van der Waals surface area contributed by atoms with Gasteiger partial charge in [0.1, 0.15) is 0 Å². The van der Waals surface area contributed by atoms with E-state index in [2.05, 4.69) is 20.4 Å². The van der Waals surface area contributed by atoms with Crippen molar-refractivity contribution in [2.24, 2.45) is 0 Å². The van der Waals surface area contributed by atoms with Crippen LogP contribution in [0.2, 0.25) is 10.0 Å². The van der Waals surface area contributed by atoms with Crippen LogP contribution in [0.1, 0.15) is 29.1 Å². The van der Waals surface area contributed by atoms with E-state index in [9.17, 15) is 26.4 Å². The van der Waals surface area contributed by atoms with Gasteiger partial charge in [-0.25, -0.2) is 18.4 Å². The summed E-state index contributed by atoms with van der Waals surface area (Å²) in [5.41, 5.74) is -0.0258. The fourth-order valence-electron chi connectivity index (χ4n) is 2.71. The lowest BCUT2D eigenvalue weighted by Crippen LogP contribution is -2.29. The first-order chi connectivity index (χ1) is 15.7. The number of alkyl halides is 3. The Bertz CT molecular complexity index is 1320. The zero-order valence-corrected chi connectivity index (χ0v) is 20.6. The minimum absolute atomic E-state index is 0.0258. The van der Waals surface area contributed by atoms with Gasteiger partial charge in [-0.1, -0.05) is 35.0 Å². The molecule has 0 radical (unpaired) electrons. The summed E-state index contributed by atoms with van der Waals surface area (Å²) in [5.74, 6) is -1.57. The van der Waals surface area contributed by atoms with Crippen molar-refractivity contribution < 1.29 is 26.4 Å². The molecule has 0 aliphatic heterocycles. The highest BCUT2D eigenvalue weighted by Gasteiger charge is 2.29. The third-order valence-corrected chi connectivity index (χ3v) is 6.64. The summed E-state index contributed by atoms with van der Waals surface area (Å²) in [5, 5.41) is 6.91. The molecule has 2 aromatic heterocycles. The van der Waals surface area contributed by atoms with Gasteiger partial charge < -0.3 is 5.32 Å². The molecule has 1 unspecified atom stereocenters. The molecule has 1 N–H and O–H groups in total. The Hall–Kier alpha value is -2.35. The molecule has 8 nitrogen and oxygen atoms in total. The fraction of sp³-hybridized carbons (Fsp3) is 0.263. The van der Waals surface area contributed by atoms with Crippen molar-refractivity contribution in [2.75, 3.05) is 12.0 Å². The van der Waals surface area contributed by atoms with Crippen LogP contribution < -0.4 is 5.32 Å². The molecule has 1 amide bonds. The molecule has 0 aliphatic rings. The van der Waals surface area contributed by atoms with E-state index < -0.39 is 33.7 Å². The number of thioether (sulfide) groups is 1. The number of carbonyl (C=O) groups is 1. The first-order valence-electron chi connectivity index (χ1n) is 9.33. The van der Waals surface area contributed by atoms with Crippen LogP contribution in [0.4, 0.5) is 13.2 Å². The monoisotopic (exact) mass is 553 g/mol. The van der Waals surface area contributed by atoms with Crippen molar-refractivity contribution >= 4 is 50.7 Å². The maximum atomic E-state index is 12.8. The lowest BCUT2D eigenvalue weighted by Gasteiger charge is -2.15. The molecular weight excluding hydrogens is 538 g/mol. The van der Waals surface area contributed by atoms with Gasteiger partial charge in [-0.05, 0) is 37.3 Å². The van der Waals surface area contributed by atoms with E-state index >= 15 is 0 Å². The fourth-order valence-corrected chi connectivity index (χ4v) is 4.39. The number of benzene rings is 1. The molecule has 1 atom stereocenters. The number of pyridine rings is 1. The van der Waals surface area contributed by atoms with Crippen molar-refractivity contribution in [3.05, 3.63) is 58.0 Å². The second kappa shape index (κ2) is 10.1. The van der Waals surface area contributed by atoms with Gasteiger partial charge in [0.05, 0.1) is 21.7 Å². The number of sulfone groups is 1. The average molecular weight is 554 g/mol. The number of aromatic nitrogens is 4. The maximum Gasteiger partial charge on any atom is 0.398 e. The second-order valence-electron chi connectivity index (χ2n) is 7.05. The van der Waals surface area contributed by atoms with Crippen LogP contribution >= 0.6 is 35.0 Å². The summed E-state index contributed by atoms with van der Waals surface area (Å²) in [6, 6.07) is 5.80. The molecule has 0 saturated carbocycles. The lowest BCUT2D eigenvalue weighted by atomic mass is 10.2. The molecule has 3 rings (SSSR count). The molecule has 1 aromatic carbocycles. The summed E-state index contributed by atoms with van der Waals surface area (Å²) < 4.78 is 62.9. The van der Waals surface area contributed by atoms with E-state index in [-0.39, 0.29) is 32.3 Å². The minimum Gasteiger partial charge on any atom is -0.342 e. The van der Waals surface area contributed by atoms with Crippen LogP contribution in [0.25, 0.3) is 5.82 Å². The number of amides is 1. The van der Waals surface area contributed by atoms with E-state index in [0.29, 0.717) is 16.8 Å². The first-order valence-corrected chi connectivity index (χ1v) is 13.0. The summed E-state index contributed by atoms with van der Waals surface area (Å²) in [4.78, 5) is 20.9. The molecule has 0 aliphatic carbocycles. The van der Waals surface area contributed by atoms with Crippen LogP contribution in [0.5, 0.6) is 0 Å². The van der Waals surface area contributed by atoms with E-state index in [1.165, 1.54) is 48.1 Å². The molecule has 34 heavy (non-hydrogen) atoms. The van der Waals surface area contributed by atoms with Gasteiger partial charge in [0.25, 0.3) is 5.91 Å². The van der Waals surface area contributed by atoms with Crippen molar-refractivity contribution in [3.63, 3.8) is 0 Å². The summed E-state index contributed by atoms with van der Waals surface area (Å²) in [6.45, 7) is 1.54. The lowest BCUT2D eigenvalue weighted by molar-refractivity contribution is -0.105. The van der Waals surface area contributed by atoms with Gasteiger partial charge in [-0.15, -0.1) is 5.10 Å². The topological polar surface area (TPSA) is 107 Å². The zero-order valence-electron chi connectivity index (χ0n) is 17.5. The van der Waals surface area contributed by atoms with Gasteiger partial charge in [0, 0.05) is 23.0 Å². The third kappa shape index (κ3) is 6.84. The van der Waals surface area contributed by atoms with Gasteiger partial charge in [0.15, 0.2) is 21.5 Å². The van der Waals surface area contributed by atoms with Crippen molar-refractivity contribution in [2.45, 2.75) is 29.2 Å². The standard InChI is InChI=1S/C19H16Cl2F3N5O3S2/c1-10(26-17(30)11-5-13(21)7-14(6-11)34(2,31)32)16-27-18(33-9-19(22,23)24)28-29(16)15-4-3-12(20)8-25-15/h3-8,10H,9H2,1-2H3,(H,26,30).